The average molecular weight is 244 g/mol. The van der Waals surface area contributed by atoms with Crippen molar-refractivity contribution >= 4 is 7.94 Å². The molecule has 0 aromatic heterocycles. The minimum absolute atomic E-state index is 0.282. The summed E-state index contributed by atoms with van der Waals surface area (Å²) >= 11 is 0. The zero-order chi connectivity index (χ0) is 11.9. The Balaban J connectivity index is 4.60. The van der Waals surface area contributed by atoms with Crippen LogP contribution in [0.1, 0.15) is 20.8 Å². The van der Waals surface area contributed by atoms with Gasteiger partial charge in [0.2, 0.25) is 0 Å². The quantitative estimate of drug-likeness (QED) is 0.418. The first kappa shape index (κ1) is 15.2. The summed E-state index contributed by atoms with van der Waals surface area (Å²) in [5.41, 5.74) is 0. The van der Waals surface area contributed by atoms with Crippen molar-refractivity contribution in [2.24, 2.45) is 0 Å². The third-order valence-electron chi connectivity index (χ3n) is 1.55. The molecule has 0 radical (unpaired) electrons. The summed E-state index contributed by atoms with van der Waals surface area (Å²) in [4.78, 5) is 27.1. The summed E-state index contributed by atoms with van der Waals surface area (Å²) in [5, 5.41) is 0. The molecular weight excluding hydrogens is 223 g/mol. The number of hydrogen-bond acceptors (Lipinski definition) is 6. The minimum atomic E-state index is -4.28. The fraction of sp³-hybridized carbons (Fsp3) is 1.00. The molecule has 0 atom stereocenters. The Morgan fingerprint density at radius 1 is 0.867 bits per heavy atom. The Labute approximate surface area is 90.4 Å². The van der Waals surface area contributed by atoms with Crippen LogP contribution in [0.5, 0.6) is 0 Å². The van der Waals surface area contributed by atoms with Crippen LogP contribution in [0.25, 0.3) is 0 Å². The fourth-order valence-corrected chi connectivity index (χ4v) is 2.12. The third kappa shape index (κ3) is 6.37. The van der Waals surface area contributed by atoms with Crippen molar-refractivity contribution in [1.82, 2.24) is 0 Å². The Hall–Kier alpha value is 0.190. The van der Waals surface area contributed by atoms with Crippen LogP contribution in [0.15, 0.2) is 0 Å². The summed E-state index contributed by atoms with van der Waals surface area (Å²) in [6.07, 6.45) is -0.463. The topological polar surface area (TPSA) is 88.4 Å². The van der Waals surface area contributed by atoms with Crippen LogP contribution in [-0.4, -0.2) is 46.6 Å². The van der Waals surface area contributed by atoms with Crippen molar-refractivity contribution < 1.29 is 28.9 Å². The van der Waals surface area contributed by atoms with E-state index in [2.05, 4.69) is 0 Å². The van der Waals surface area contributed by atoms with Gasteiger partial charge in [-0.1, -0.05) is 0 Å². The molecule has 0 aliphatic rings. The van der Waals surface area contributed by atoms with E-state index in [1.807, 2.05) is 0 Å². The summed E-state index contributed by atoms with van der Waals surface area (Å²) in [6.45, 7) is 6.02. The first-order chi connectivity index (χ1) is 6.89. The van der Waals surface area contributed by atoms with Gasteiger partial charge in [0, 0.05) is 0 Å². The molecule has 15 heavy (non-hydrogen) atoms. The Kier molecular flexibility index (Phi) is 6.79. The SMILES string of the molecule is CCOC(C[PH](O)(O)O)(OCC)OCC. The van der Waals surface area contributed by atoms with Crippen molar-refractivity contribution in [1.29, 1.82) is 0 Å². The molecule has 3 N–H and O–H groups in total. The van der Waals surface area contributed by atoms with Gasteiger partial charge in [-0.25, -0.2) is 0 Å². The third-order valence-corrected chi connectivity index (χ3v) is 2.45. The second-order valence-corrected chi connectivity index (χ2v) is 4.84. The molecule has 0 amide bonds. The molecule has 7 heteroatoms. The summed E-state index contributed by atoms with van der Waals surface area (Å²) in [6, 6.07) is 0. The molecule has 0 rings (SSSR count). The molecule has 0 saturated heterocycles. The van der Waals surface area contributed by atoms with Crippen molar-refractivity contribution in [2.75, 3.05) is 26.0 Å². The van der Waals surface area contributed by atoms with Gasteiger partial charge in [-0.05, 0) is 0 Å². The first-order valence-corrected chi connectivity index (χ1v) is 7.03. The van der Waals surface area contributed by atoms with Gasteiger partial charge in [0.25, 0.3) is 0 Å². The van der Waals surface area contributed by atoms with Crippen molar-refractivity contribution in [2.45, 2.75) is 26.7 Å². The Morgan fingerprint density at radius 3 is 1.40 bits per heavy atom. The molecule has 0 aliphatic heterocycles. The van der Waals surface area contributed by atoms with E-state index >= 15 is 0 Å². The average Bonchev–Trinajstić information content (AvgIpc) is 2.01. The van der Waals surface area contributed by atoms with Gasteiger partial charge >= 0.3 is 89.6 Å². The van der Waals surface area contributed by atoms with Gasteiger partial charge in [-0.3, -0.25) is 0 Å². The molecule has 0 aromatic carbocycles. The molecule has 0 unspecified atom stereocenters. The number of hydrogen-bond donors (Lipinski definition) is 3. The van der Waals surface area contributed by atoms with Gasteiger partial charge in [0.1, 0.15) is 0 Å². The van der Waals surface area contributed by atoms with Gasteiger partial charge < -0.3 is 0 Å². The van der Waals surface area contributed by atoms with Crippen LogP contribution in [0.2, 0.25) is 0 Å². The van der Waals surface area contributed by atoms with E-state index in [0.717, 1.165) is 0 Å². The van der Waals surface area contributed by atoms with Crippen LogP contribution in [0, 0.1) is 0 Å². The van der Waals surface area contributed by atoms with Crippen LogP contribution in [0.4, 0.5) is 0 Å². The van der Waals surface area contributed by atoms with E-state index in [0.29, 0.717) is 0 Å². The van der Waals surface area contributed by atoms with E-state index in [9.17, 15) is 0 Å². The molecule has 0 aromatic rings. The molecular formula is C8H21O6P. The summed E-state index contributed by atoms with van der Waals surface area (Å²) in [5.74, 6) is -1.55. The molecule has 0 aliphatic carbocycles. The standard InChI is InChI=1S/C8H21O6P/c1-4-12-8(13-5-2,14-6-3)7-15(9,10)11/h9-11,15H,4-7H2,1-3H3. The molecule has 0 saturated carbocycles. The Bertz CT molecular complexity index is 152. The van der Waals surface area contributed by atoms with Gasteiger partial charge in [-0.2, -0.15) is 0 Å². The van der Waals surface area contributed by atoms with Crippen LogP contribution in [-0.2, 0) is 14.2 Å². The molecule has 94 valence electrons. The van der Waals surface area contributed by atoms with Crippen molar-refractivity contribution in [3.63, 3.8) is 0 Å². The van der Waals surface area contributed by atoms with Gasteiger partial charge in [-0.15, -0.1) is 0 Å². The molecule has 6 nitrogen and oxygen atoms in total. The van der Waals surface area contributed by atoms with Crippen LogP contribution < -0.4 is 0 Å². The number of rotatable bonds is 8. The zero-order valence-electron chi connectivity index (χ0n) is 9.39. The van der Waals surface area contributed by atoms with E-state index in [4.69, 9.17) is 28.9 Å². The van der Waals surface area contributed by atoms with E-state index in [-0.39, 0.29) is 19.8 Å². The summed E-state index contributed by atoms with van der Waals surface area (Å²) < 4.78 is 15.6. The second-order valence-electron chi connectivity index (χ2n) is 2.93. The van der Waals surface area contributed by atoms with Crippen molar-refractivity contribution in [3.8, 4) is 0 Å². The van der Waals surface area contributed by atoms with Crippen LogP contribution in [0.3, 0.4) is 0 Å². The summed E-state index contributed by atoms with van der Waals surface area (Å²) in [7, 11) is -4.28. The van der Waals surface area contributed by atoms with Gasteiger partial charge in [0.05, 0.1) is 0 Å². The zero-order valence-corrected chi connectivity index (χ0v) is 10.4. The molecule has 0 heterocycles. The van der Waals surface area contributed by atoms with Gasteiger partial charge in [0.15, 0.2) is 0 Å². The van der Waals surface area contributed by atoms with Crippen LogP contribution >= 0.6 is 7.94 Å². The normalized spacial score (nSPS) is 14.3. The molecule has 0 spiro atoms. The predicted molar refractivity (Wildman–Crippen MR) is 57.4 cm³/mol. The number of ether oxygens (including phenoxy) is 3. The maximum atomic E-state index is 9.04. The maximum absolute atomic E-state index is 9.04. The molecule has 0 bridgehead atoms. The monoisotopic (exact) mass is 244 g/mol. The van der Waals surface area contributed by atoms with E-state index < -0.39 is 20.1 Å². The molecule has 0 fully saturated rings. The van der Waals surface area contributed by atoms with Crippen molar-refractivity contribution in [3.05, 3.63) is 0 Å². The second kappa shape index (κ2) is 6.70. The Morgan fingerprint density at radius 2 is 1.20 bits per heavy atom. The first-order valence-electron chi connectivity index (χ1n) is 4.98. The predicted octanol–water partition coefficient (Wildman–Crippen LogP) is 0.221. The van der Waals surface area contributed by atoms with E-state index in [1.54, 1.807) is 20.8 Å². The fourth-order valence-electron chi connectivity index (χ4n) is 1.23. The van der Waals surface area contributed by atoms with E-state index in [1.165, 1.54) is 0 Å².